The van der Waals surface area contributed by atoms with Crippen LogP contribution in [0.15, 0.2) is 30.7 Å². The first-order valence-electron chi connectivity index (χ1n) is 9.49. The second kappa shape index (κ2) is 5.86. The molecular formula is C19H17FN6O3. The van der Waals surface area contributed by atoms with Crippen LogP contribution in [-0.2, 0) is 4.84 Å². The summed E-state index contributed by atoms with van der Waals surface area (Å²) in [7, 11) is 0. The fourth-order valence-corrected chi connectivity index (χ4v) is 3.89. The third-order valence-electron chi connectivity index (χ3n) is 5.65. The molecule has 10 heteroatoms. The molecule has 2 fully saturated rings. The first-order valence-corrected chi connectivity index (χ1v) is 9.49. The standard InChI is InChI=1S/C19H17FN6O3/c20-11-7-12-14-2-6-29-26(14)15-1-5-25-16(23-15)13(9-22-25)17(27)24-19(3-4-19)10-28-18(12)21-8-11/h1,5,7-9,14H,2-4,6,10H2,(H,24,27). The van der Waals surface area contributed by atoms with Gasteiger partial charge in [-0.2, -0.15) is 5.10 Å². The highest BCUT2D eigenvalue weighted by atomic mass is 19.1. The molecule has 3 aromatic rings. The Bertz CT molecular complexity index is 1140. The number of hydrogen-bond acceptors (Lipinski definition) is 7. The number of hydrogen-bond donors (Lipinski definition) is 1. The molecule has 1 saturated carbocycles. The number of aromatic nitrogens is 4. The van der Waals surface area contributed by atoms with E-state index < -0.39 is 11.4 Å². The average Bonchev–Trinajstić information content (AvgIpc) is 3.14. The number of hydroxylamine groups is 1. The third-order valence-corrected chi connectivity index (χ3v) is 5.65. The van der Waals surface area contributed by atoms with Gasteiger partial charge in [-0.15, -0.1) is 0 Å². The minimum atomic E-state index is -0.462. The maximum absolute atomic E-state index is 14.0. The van der Waals surface area contributed by atoms with Crippen molar-refractivity contribution in [3.05, 3.63) is 47.7 Å². The second-order valence-corrected chi connectivity index (χ2v) is 7.65. The van der Waals surface area contributed by atoms with Crippen molar-refractivity contribution in [1.82, 2.24) is 24.9 Å². The first kappa shape index (κ1) is 16.7. The molecule has 1 aliphatic carbocycles. The van der Waals surface area contributed by atoms with Crippen molar-refractivity contribution >= 4 is 17.4 Å². The van der Waals surface area contributed by atoms with Crippen molar-refractivity contribution in [2.24, 2.45) is 0 Å². The number of ether oxygens (including phenoxy) is 1. The topological polar surface area (TPSA) is 93.9 Å². The Morgan fingerprint density at radius 1 is 1.31 bits per heavy atom. The Balaban J connectivity index is 1.54. The van der Waals surface area contributed by atoms with Gasteiger partial charge in [0.25, 0.3) is 5.91 Å². The van der Waals surface area contributed by atoms with Gasteiger partial charge in [-0.1, -0.05) is 0 Å². The molecule has 148 valence electrons. The molecule has 2 aliphatic heterocycles. The van der Waals surface area contributed by atoms with Gasteiger partial charge in [0, 0.05) is 24.2 Å². The lowest BCUT2D eigenvalue weighted by Crippen LogP contribution is -2.41. The molecule has 1 atom stereocenters. The minimum absolute atomic E-state index is 0.254. The van der Waals surface area contributed by atoms with Crippen molar-refractivity contribution in [2.45, 2.75) is 30.8 Å². The minimum Gasteiger partial charge on any atom is -0.475 e. The molecule has 1 unspecified atom stereocenters. The highest BCUT2D eigenvalue weighted by Gasteiger charge is 2.46. The fraction of sp³-hybridized carbons (Fsp3) is 0.368. The van der Waals surface area contributed by atoms with Crippen LogP contribution in [0.25, 0.3) is 5.65 Å². The Hall–Kier alpha value is -3.27. The number of halogens is 1. The van der Waals surface area contributed by atoms with Gasteiger partial charge >= 0.3 is 0 Å². The summed E-state index contributed by atoms with van der Waals surface area (Å²) in [4.78, 5) is 27.5. The van der Waals surface area contributed by atoms with Gasteiger partial charge in [0.2, 0.25) is 5.88 Å². The van der Waals surface area contributed by atoms with Crippen LogP contribution in [0.1, 0.15) is 41.2 Å². The van der Waals surface area contributed by atoms with E-state index in [-0.39, 0.29) is 18.6 Å². The monoisotopic (exact) mass is 396 g/mol. The van der Waals surface area contributed by atoms with Crippen molar-refractivity contribution < 1.29 is 18.8 Å². The molecular weight excluding hydrogens is 379 g/mol. The molecule has 29 heavy (non-hydrogen) atoms. The molecule has 0 aromatic carbocycles. The normalized spacial score (nSPS) is 22.3. The molecule has 9 nitrogen and oxygen atoms in total. The quantitative estimate of drug-likeness (QED) is 0.619. The number of nitrogens with one attached hydrogen (secondary N) is 1. The number of carbonyl (C=O) groups excluding carboxylic acids is 1. The maximum Gasteiger partial charge on any atom is 0.257 e. The number of carbonyl (C=O) groups is 1. The molecule has 1 amide bonds. The van der Waals surface area contributed by atoms with Gasteiger partial charge in [-0.05, 0) is 18.9 Å². The van der Waals surface area contributed by atoms with Gasteiger partial charge in [0.1, 0.15) is 18.0 Å². The van der Waals surface area contributed by atoms with Gasteiger partial charge in [-0.25, -0.2) is 23.9 Å². The summed E-state index contributed by atoms with van der Waals surface area (Å²) in [5.41, 5.74) is 0.952. The summed E-state index contributed by atoms with van der Waals surface area (Å²) in [5.74, 6) is 0.150. The Kier molecular flexibility index (Phi) is 3.37. The fourth-order valence-electron chi connectivity index (χ4n) is 3.89. The number of pyridine rings is 1. The van der Waals surface area contributed by atoms with Crippen LogP contribution >= 0.6 is 0 Å². The van der Waals surface area contributed by atoms with E-state index in [0.29, 0.717) is 41.5 Å². The summed E-state index contributed by atoms with van der Waals surface area (Å²) in [6.45, 7) is 0.706. The lowest BCUT2D eigenvalue weighted by atomic mass is 10.1. The van der Waals surface area contributed by atoms with Crippen LogP contribution in [0.4, 0.5) is 10.2 Å². The molecule has 3 aromatic heterocycles. The van der Waals surface area contributed by atoms with Gasteiger partial charge in [0.15, 0.2) is 11.5 Å². The largest absolute Gasteiger partial charge is 0.475 e. The Morgan fingerprint density at radius 3 is 3.07 bits per heavy atom. The molecule has 3 aliphatic rings. The summed E-state index contributed by atoms with van der Waals surface area (Å²) < 4.78 is 21.6. The van der Waals surface area contributed by atoms with E-state index in [0.717, 1.165) is 19.0 Å². The molecule has 1 N–H and O–H groups in total. The summed E-state index contributed by atoms with van der Waals surface area (Å²) in [6, 6.07) is 2.86. The molecule has 1 spiro atoms. The van der Waals surface area contributed by atoms with Crippen molar-refractivity contribution in [2.75, 3.05) is 18.3 Å². The van der Waals surface area contributed by atoms with Crippen LogP contribution in [0.5, 0.6) is 5.88 Å². The smallest absolute Gasteiger partial charge is 0.257 e. The van der Waals surface area contributed by atoms with E-state index in [1.54, 1.807) is 21.8 Å². The third kappa shape index (κ3) is 2.63. The lowest BCUT2D eigenvalue weighted by molar-refractivity contribution is 0.0913. The lowest BCUT2D eigenvalue weighted by Gasteiger charge is -2.25. The van der Waals surface area contributed by atoms with Gasteiger partial charge in [0.05, 0.1) is 30.6 Å². The van der Waals surface area contributed by atoms with Crippen molar-refractivity contribution in [1.29, 1.82) is 0 Å². The molecule has 6 rings (SSSR count). The molecule has 2 bridgehead atoms. The van der Waals surface area contributed by atoms with Gasteiger partial charge in [-0.3, -0.25) is 9.63 Å². The van der Waals surface area contributed by atoms with E-state index in [2.05, 4.69) is 20.4 Å². The van der Waals surface area contributed by atoms with E-state index in [1.165, 1.54) is 12.3 Å². The number of nitrogens with zero attached hydrogens (tertiary/aromatic N) is 5. The van der Waals surface area contributed by atoms with E-state index in [9.17, 15) is 9.18 Å². The first-order chi connectivity index (χ1) is 14.1. The predicted molar refractivity (Wildman–Crippen MR) is 97.9 cm³/mol. The zero-order chi connectivity index (χ0) is 19.6. The van der Waals surface area contributed by atoms with E-state index >= 15 is 0 Å². The van der Waals surface area contributed by atoms with Crippen LogP contribution in [0, 0.1) is 5.82 Å². The Morgan fingerprint density at radius 2 is 2.21 bits per heavy atom. The molecule has 1 saturated heterocycles. The van der Waals surface area contributed by atoms with Crippen LogP contribution in [0.2, 0.25) is 0 Å². The molecule has 0 radical (unpaired) electrons. The summed E-state index contributed by atoms with van der Waals surface area (Å²) in [5, 5.41) is 8.90. The number of amides is 1. The zero-order valence-corrected chi connectivity index (χ0v) is 15.3. The zero-order valence-electron chi connectivity index (χ0n) is 15.3. The number of rotatable bonds is 0. The van der Waals surface area contributed by atoms with E-state index in [4.69, 9.17) is 9.57 Å². The predicted octanol–water partition coefficient (Wildman–Crippen LogP) is 1.80. The van der Waals surface area contributed by atoms with Crippen LogP contribution in [0.3, 0.4) is 0 Å². The highest BCUT2D eigenvalue weighted by Crippen LogP contribution is 2.40. The van der Waals surface area contributed by atoms with Crippen molar-refractivity contribution in [3.63, 3.8) is 0 Å². The SMILES string of the molecule is O=C1NC2(CC2)COc2ncc(F)cc2C2CCON2c2ccn3ncc1c3n2. The van der Waals surface area contributed by atoms with Crippen LogP contribution < -0.4 is 15.1 Å². The summed E-state index contributed by atoms with van der Waals surface area (Å²) >= 11 is 0. The highest BCUT2D eigenvalue weighted by molar-refractivity contribution is 6.00. The molecule has 5 heterocycles. The maximum atomic E-state index is 14.0. The number of fused-ring (bicyclic) bond motifs is 5. The average molecular weight is 396 g/mol. The number of anilines is 1. The summed E-state index contributed by atoms with van der Waals surface area (Å²) in [6.07, 6.45) is 6.59. The van der Waals surface area contributed by atoms with E-state index in [1.807, 2.05) is 0 Å². The Labute approximate surface area is 164 Å². The van der Waals surface area contributed by atoms with Crippen LogP contribution in [-0.4, -0.2) is 44.2 Å². The van der Waals surface area contributed by atoms with Crippen molar-refractivity contribution in [3.8, 4) is 5.88 Å². The second-order valence-electron chi connectivity index (χ2n) is 7.65. The van der Waals surface area contributed by atoms with Gasteiger partial charge < -0.3 is 10.1 Å².